The third-order valence-corrected chi connectivity index (χ3v) is 6.13. The first kappa shape index (κ1) is 15.2. The molecular weight excluding hydrogens is 276 g/mol. The highest BCUT2D eigenvalue weighted by Crippen LogP contribution is 2.22. The van der Waals surface area contributed by atoms with Crippen LogP contribution >= 0.6 is 0 Å². The molecule has 0 aliphatic carbocycles. The number of hydrogen-bond acceptors (Lipinski definition) is 5. The Labute approximate surface area is 120 Å². The van der Waals surface area contributed by atoms with E-state index in [1.807, 2.05) is 13.1 Å². The van der Waals surface area contributed by atoms with Crippen LogP contribution in [0, 0.1) is 0 Å². The molecule has 0 amide bonds. The second kappa shape index (κ2) is 6.05. The highest BCUT2D eigenvalue weighted by Gasteiger charge is 2.31. The number of nitrogens with zero attached hydrogens (tertiary/aromatic N) is 4. The van der Waals surface area contributed by atoms with Gasteiger partial charge < -0.3 is 4.90 Å². The van der Waals surface area contributed by atoms with Crippen molar-refractivity contribution in [1.29, 1.82) is 0 Å². The fraction of sp³-hybridized carbons (Fsp3) is 0.692. The van der Waals surface area contributed by atoms with E-state index < -0.39 is 10.0 Å². The van der Waals surface area contributed by atoms with E-state index in [0.717, 1.165) is 18.7 Å². The molecule has 1 aromatic heterocycles. The van der Waals surface area contributed by atoms with Crippen LogP contribution in [-0.2, 0) is 10.0 Å². The minimum atomic E-state index is -3.12. The minimum absolute atomic E-state index is 0.323. The molecule has 0 unspecified atom stereocenters. The van der Waals surface area contributed by atoms with Gasteiger partial charge in [-0.15, -0.1) is 0 Å². The van der Waals surface area contributed by atoms with Crippen molar-refractivity contribution < 1.29 is 8.42 Å². The zero-order valence-corrected chi connectivity index (χ0v) is 13.0. The van der Waals surface area contributed by atoms with Crippen molar-refractivity contribution in [3.8, 4) is 0 Å². The number of rotatable bonds is 4. The van der Waals surface area contributed by atoms with Crippen LogP contribution in [0.15, 0.2) is 18.6 Å². The summed E-state index contributed by atoms with van der Waals surface area (Å²) in [6, 6.07) is 2.19. The first-order chi connectivity index (χ1) is 9.43. The second-order valence-corrected chi connectivity index (χ2v) is 7.89. The lowest BCUT2D eigenvalue weighted by Crippen LogP contribution is -2.47. The van der Waals surface area contributed by atoms with E-state index in [1.165, 1.54) is 6.33 Å². The molecule has 2 heterocycles. The maximum absolute atomic E-state index is 12.1. The van der Waals surface area contributed by atoms with Gasteiger partial charge in [-0.1, -0.05) is 0 Å². The lowest BCUT2D eigenvalue weighted by Gasteiger charge is -2.37. The van der Waals surface area contributed by atoms with Crippen LogP contribution in [-0.4, -0.2) is 54.1 Å². The minimum Gasteiger partial charge on any atom is -0.356 e. The third kappa shape index (κ3) is 3.09. The highest BCUT2D eigenvalue weighted by molar-refractivity contribution is 7.89. The van der Waals surface area contributed by atoms with Gasteiger partial charge in [-0.2, -0.15) is 0 Å². The lowest BCUT2D eigenvalue weighted by atomic mass is 10.1. The molecule has 0 radical (unpaired) electrons. The van der Waals surface area contributed by atoms with Gasteiger partial charge in [0.25, 0.3) is 0 Å². The van der Waals surface area contributed by atoms with Crippen molar-refractivity contribution in [2.75, 3.05) is 25.0 Å². The van der Waals surface area contributed by atoms with Crippen molar-refractivity contribution in [2.45, 2.75) is 38.0 Å². The predicted octanol–water partition coefficient (Wildman–Crippen LogP) is 1.12. The largest absolute Gasteiger partial charge is 0.356 e. The maximum atomic E-state index is 12.1. The Morgan fingerprint density at radius 1 is 1.35 bits per heavy atom. The van der Waals surface area contributed by atoms with Gasteiger partial charge in [-0.25, -0.2) is 22.7 Å². The Kier molecular flexibility index (Phi) is 4.59. The summed E-state index contributed by atoms with van der Waals surface area (Å²) in [7, 11) is -1.12. The zero-order chi connectivity index (χ0) is 14.8. The monoisotopic (exact) mass is 298 g/mol. The first-order valence-electron chi connectivity index (χ1n) is 6.90. The zero-order valence-electron chi connectivity index (χ0n) is 12.2. The number of sulfonamides is 1. The van der Waals surface area contributed by atoms with Crippen molar-refractivity contribution in [3.63, 3.8) is 0 Å². The van der Waals surface area contributed by atoms with E-state index in [9.17, 15) is 8.42 Å². The molecule has 2 rings (SSSR count). The van der Waals surface area contributed by atoms with E-state index in [-0.39, 0.29) is 5.25 Å². The van der Waals surface area contributed by atoms with E-state index in [2.05, 4.69) is 14.9 Å². The predicted molar refractivity (Wildman–Crippen MR) is 79.1 cm³/mol. The summed E-state index contributed by atoms with van der Waals surface area (Å²) < 4.78 is 25.9. The molecule has 1 aliphatic rings. The first-order valence-corrected chi connectivity index (χ1v) is 8.41. The standard InChI is InChI=1S/C13H22N4O2S/c1-11(2)20(18,19)17-8-5-12(6-9-17)16(3)13-4-7-14-10-15-13/h4,7,10-12H,5-6,8-9H2,1-3H3. The Morgan fingerprint density at radius 2 is 2.00 bits per heavy atom. The van der Waals surface area contributed by atoms with Crippen LogP contribution in [0.5, 0.6) is 0 Å². The van der Waals surface area contributed by atoms with Crippen LogP contribution < -0.4 is 4.90 Å². The molecule has 0 spiro atoms. The van der Waals surface area contributed by atoms with Gasteiger partial charge >= 0.3 is 0 Å². The third-order valence-electron chi connectivity index (χ3n) is 3.85. The van der Waals surface area contributed by atoms with E-state index in [1.54, 1.807) is 24.3 Å². The smallest absolute Gasteiger partial charge is 0.216 e. The molecule has 112 valence electrons. The average Bonchev–Trinajstić information content (AvgIpc) is 2.47. The maximum Gasteiger partial charge on any atom is 0.216 e. The summed E-state index contributed by atoms with van der Waals surface area (Å²) in [5.74, 6) is 0.880. The number of hydrogen-bond donors (Lipinski definition) is 0. The molecule has 1 fully saturated rings. The molecule has 20 heavy (non-hydrogen) atoms. The van der Waals surface area contributed by atoms with Gasteiger partial charge in [0.15, 0.2) is 0 Å². The van der Waals surface area contributed by atoms with E-state index in [0.29, 0.717) is 19.1 Å². The van der Waals surface area contributed by atoms with Gasteiger partial charge in [0.1, 0.15) is 12.1 Å². The molecule has 1 aromatic rings. The Hall–Kier alpha value is -1.21. The molecule has 0 saturated carbocycles. The summed E-state index contributed by atoms with van der Waals surface area (Å²) in [4.78, 5) is 10.3. The Morgan fingerprint density at radius 3 is 2.50 bits per heavy atom. The Balaban J connectivity index is 1.98. The lowest BCUT2D eigenvalue weighted by molar-refractivity contribution is 0.312. The molecule has 0 N–H and O–H groups in total. The van der Waals surface area contributed by atoms with Crippen LogP contribution in [0.1, 0.15) is 26.7 Å². The molecule has 7 heteroatoms. The van der Waals surface area contributed by atoms with Gasteiger partial charge in [-0.05, 0) is 32.8 Å². The van der Waals surface area contributed by atoms with E-state index in [4.69, 9.17) is 0 Å². The van der Waals surface area contributed by atoms with Gasteiger partial charge in [0.05, 0.1) is 5.25 Å². The molecular formula is C13H22N4O2S. The van der Waals surface area contributed by atoms with Crippen LogP contribution in [0.2, 0.25) is 0 Å². The van der Waals surface area contributed by atoms with Crippen LogP contribution in [0.25, 0.3) is 0 Å². The summed E-state index contributed by atoms with van der Waals surface area (Å²) in [6.07, 6.45) is 4.90. The summed E-state index contributed by atoms with van der Waals surface area (Å²) in [5, 5.41) is -0.348. The number of piperidine rings is 1. The van der Waals surface area contributed by atoms with Gasteiger partial charge in [0, 0.05) is 32.4 Å². The average molecular weight is 298 g/mol. The number of anilines is 1. The summed E-state index contributed by atoms with van der Waals surface area (Å²) in [6.45, 7) is 4.63. The number of aromatic nitrogens is 2. The fourth-order valence-corrected chi connectivity index (χ4v) is 3.78. The van der Waals surface area contributed by atoms with Crippen molar-refractivity contribution >= 4 is 15.8 Å². The molecule has 6 nitrogen and oxygen atoms in total. The normalized spacial score (nSPS) is 18.4. The van der Waals surface area contributed by atoms with Gasteiger partial charge in [-0.3, -0.25) is 0 Å². The topological polar surface area (TPSA) is 66.4 Å². The van der Waals surface area contributed by atoms with Crippen LogP contribution in [0.3, 0.4) is 0 Å². The van der Waals surface area contributed by atoms with Crippen molar-refractivity contribution in [1.82, 2.24) is 14.3 Å². The fourth-order valence-electron chi connectivity index (χ4n) is 2.46. The second-order valence-electron chi connectivity index (χ2n) is 5.40. The molecule has 0 aromatic carbocycles. The molecule has 0 atom stereocenters. The molecule has 1 saturated heterocycles. The van der Waals surface area contributed by atoms with Crippen LogP contribution in [0.4, 0.5) is 5.82 Å². The Bertz CT molecular complexity index is 525. The van der Waals surface area contributed by atoms with Crippen molar-refractivity contribution in [2.24, 2.45) is 0 Å². The SMILES string of the molecule is CC(C)S(=O)(=O)N1CCC(N(C)c2ccncn2)CC1. The van der Waals surface area contributed by atoms with Crippen molar-refractivity contribution in [3.05, 3.63) is 18.6 Å². The summed E-state index contributed by atoms with van der Waals surface area (Å²) >= 11 is 0. The molecule has 1 aliphatic heterocycles. The quantitative estimate of drug-likeness (QED) is 0.833. The highest BCUT2D eigenvalue weighted by atomic mass is 32.2. The van der Waals surface area contributed by atoms with Gasteiger partial charge in [0.2, 0.25) is 10.0 Å². The summed E-state index contributed by atoms with van der Waals surface area (Å²) in [5.41, 5.74) is 0. The van der Waals surface area contributed by atoms with E-state index >= 15 is 0 Å². The molecule has 0 bridgehead atoms.